The Morgan fingerprint density at radius 2 is 1.71 bits per heavy atom. The molecule has 0 bridgehead atoms. The van der Waals surface area contributed by atoms with Gasteiger partial charge in [0, 0.05) is 56.3 Å². The second kappa shape index (κ2) is 6.35. The number of aromatic nitrogens is 6. The Balaban J connectivity index is 1.63. The molecular formula is C16H21N7S. The second-order valence-corrected chi connectivity index (χ2v) is 7.06. The van der Waals surface area contributed by atoms with Gasteiger partial charge in [0.1, 0.15) is 23.5 Å². The van der Waals surface area contributed by atoms with Gasteiger partial charge in [-0.3, -0.25) is 0 Å². The van der Waals surface area contributed by atoms with E-state index in [0.29, 0.717) is 5.92 Å². The van der Waals surface area contributed by atoms with Crippen LogP contribution in [0, 0.1) is 0 Å². The molecule has 0 spiro atoms. The van der Waals surface area contributed by atoms with Crippen LogP contribution in [0.15, 0.2) is 24.8 Å². The lowest BCUT2D eigenvalue weighted by Gasteiger charge is -2.17. The van der Waals surface area contributed by atoms with Crippen molar-refractivity contribution in [2.24, 2.45) is 14.1 Å². The number of imidazole rings is 2. The molecule has 1 fully saturated rings. The first-order valence-electron chi connectivity index (χ1n) is 8.27. The van der Waals surface area contributed by atoms with E-state index in [-0.39, 0.29) is 6.04 Å². The van der Waals surface area contributed by atoms with Crippen LogP contribution in [-0.2, 0) is 14.1 Å². The fourth-order valence-electron chi connectivity index (χ4n) is 3.32. The first kappa shape index (κ1) is 15.3. The number of nitrogens with one attached hydrogen (secondary N) is 1. The summed E-state index contributed by atoms with van der Waals surface area (Å²) in [6.45, 7) is 0. The van der Waals surface area contributed by atoms with E-state index in [1.165, 1.54) is 37.2 Å². The van der Waals surface area contributed by atoms with Gasteiger partial charge >= 0.3 is 0 Å². The third kappa shape index (κ3) is 2.82. The number of hydrogen-bond acceptors (Lipinski definition) is 6. The highest BCUT2D eigenvalue weighted by Crippen LogP contribution is 2.34. The largest absolute Gasteiger partial charge is 0.344 e. The molecule has 3 aromatic heterocycles. The van der Waals surface area contributed by atoms with Crippen molar-refractivity contribution >= 4 is 16.7 Å². The van der Waals surface area contributed by atoms with Crippen molar-refractivity contribution in [3.05, 3.63) is 42.3 Å². The second-order valence-electron chi connectivity index (χ2n) is 6.31. The lowest BCUT2D eigenvalue weighted by Crippen LogP contribution is -2.20. The summed E-state index contributed by atoms with van der Waals surface area (Å²) in [5.74, 6) is 3.32. The molecule has 0 radical (unpaired) electrons. The van der Waals surface area contributed by atoms with E-state index in [1.54, 1.807) is 12.4 Å². The number of nitrogens with zero attached hydrogens (tertiary/aromatic N) is 6. The van der Waals surface area contributed by atoms with Gasteiger partial charge in [0.2, 0.25) is 5.13 Å². The molecule has 24 heavy (non-hydrogen) atoms. The summed E-state index contributed by atoms with van der Waals surface area (Å²) in [7, 11) is 3.98. The standard InChI is InChI=1S/C16H21N7S/c1-22-9-7-17-14(22)12(15-18-8-10-23(15)2)19-16-20-13(21-24-16)11-5-3-4-6-11/h7-12H,3-6H2,1-2H3,(H,19,20,21). The lowest BCUT2D eigenvalue weighted by molar-refractivity contribution is 0.669. The van der Waals surface area contributed by atoms with Crippen LogP contribution in [0.1, 0.15) is 55.1 Å². The molecule has 1 N–H and O–H groups in total. The molecule has 3 aromatic rings. The van der Waals surface area contributed by atoms with Crippen molar-refractivity contribution in [1.29, 1.82) is 0 Å². The van der Waals surface area contributed by atoms with Crippen molar-refractivity contribution in [3.8, 4) is 0 Å². The average molecular weight is 343 g/mol. The molecule has 4 rings (SSSR count). The smallest absolute Gasteiger partial charge is 0.203 e. The zero-order chi connectivity index (χ0) is 16.5. The van der Waals surface area contributed by atoms with Crippen LogP contribution in [-0.4, -0.2) is 28.5 Å². The Bertz CT molecular complexity index is 772. The summed E-state index contributed by atoms with van der Waals surface area (Å²) < 4.78 is 8.58. The van der Waals surface area contributed by atoms with Gasteiger partial charge in [0.05, 0.1) is 0 Å². The van der Waals surface area contributed by atoms with Gasteiger partial charge in [-0.05, 0) is 12.8 Å². The Labute approximate surface area is 145 Å². The maximum absolute atomic E-state index is 4.73. The van der Waals surface area contributed by atoms with Gasteiger partial charge in [-0.1, -0.05) is 12.8 Å². The van der Waals surface area contributed by atoms with Crippen molar-refractivity contribution in [2.45, 2.75) is 37.6 Å². The number of hydrogen-bond donors (Lipinski definition) is 1. The molecule has 1 aliphatic rings. The molecule has 126 valence electrons. The summed E-state index contributed by atoms with van der Waals surface area (Å²) in [6, 6.07) is -0.158. The monoisotopic (exact) mass is 343 g/mol. The average Bonchev–Trinajstić information content (AvgIpc) is 3.33. The molecule has 8 heteroatoms. The van der Waals surface area contributed by atoms with Crippen molar-refractivity contribution in [2.75, 3.05) is 5.32 Å². The van der Waals surface area contributed by atoms with Crippen LogP contribution in [0.5, 0.6) is 0 Å². The van der Waals surface area contributed by atoms with E-state index in [9.17, 15) is 0 Å². The molecule has 1 aliphatic carbocycles. The summed E-state index contributed by atoms with van der Waals surface area (Å²) >= 11 is 1.42. The van der Waals surface area contributed by atoms with Gasteiger partial charge in [-0.15, -0.1) is 0 Å². The first-order chi connectivity index (χ1) is 11.7. The SMILES string of the molecule is Cn1ccnc1C(Nc1nc(C2CCCC2)ns1)c1nccn1C. The van der Waals surface area contributed by atoms with Crippen molar-refractivity contribution < 1.29 is 0 Å². The van der Waals surface area contributed by atoms with Crippen LogP contribution in [0.2, 0.25) is 0 Å². The van der Waals surface area contributed by atoms with E-state index in [2.05, 4.69) is 19.7 Å². The fraction of sp³-hybridized carbons (Fsp3) is 0.500. The quantitative estimate of drug-likeness (QED) is 0.771. The van der Waals surface area contributed by atoms with E-state index in [4.69, 9.17) is 4.98 Å². The molecule has 0 saturated heterocycles. The Morgan fingerprint density at radius 3 is 2.25 bits per heavy atom. The lowest BCUT2D eigenvalue weighted by atomic mass is 10.1. The maximum atomic E-state index is 4.73. The highest BCUT2D eigenvalue weighted by molar-refractivity contribution is 7.09. The predicted molar refractivity (Wildman–Crippen MR) is 93.0 cm³/mol. The predicted octanol–water partition coefficient (Wildman–Crippen LogP) is 2.86. The van der Waals surface area contributed by atoms with E-state index in [0.717, 1.165) is 22.6 Å². The fourth-order valence-corrected chi connectivity index (χ4v) is 4.00. The van der Waals surface area contributed by atoms with Gasteiger partial charge < -0.3 is 14.5 Å². The van der Waals surface area contributed by atoms with E-state index in [1.807, 2.05) is 35.6 Å². The van der Waals surface area contributed by atoms with E-state index < -0.39 is 0 Å². The maximum Gasteiger partial charge on any atom is 0.203 e. The third-order valence-electron chi connectivity index (χ3n) is 4.66. The first-order valence-corrected chi connectivity index (χ1v) is 9.04. The zero-order valence-corrected chi connectivity index (χ0v) is 14.7. The molecule has 0 amide bonds. The minimum atomic E-state index is -0.158. The third-order valence-corrected chi connectivity index (χ3v) is 5.32. The Kier molecular flexibility index (Phi) is 4.05. The van der Waals surface area contributed by atoms with Gasteiger partial charge in [0.15, 0.2) is 0 Å². The van der Waals surface area contributed by atoms with Gasteiger partial charge in [0.25, 0.3) is 0 Å². The van der Waals surface area contributed by atoms with Crippen molar-refractivity contribution in [3.63, 3.8) is 0 Å². The number of rotatable bonds is 5. The van der Waals surface area contributed by atoms with Crippen LogP contribution in [0.3, 0.4) is 0 Å². The Morgan fingerprint density at radius 1 is 1.08 bits per heavy atom. The number of anilines is 1. The highest BCUT2D eigenvalue weighted by Gasteiger charge is 2.25. The normalized spacial score (nSPS) is 15.5. The molecule has 7 nitrogen and oxygen atoms in total. The number of aryl methyl sites for hydroxylation is 2. The Hall–Kier alpha value is -2.22. The minimum absolute atomic E-state index is 0.158. The van der Waals surface area contributed by atoms with Crippen molar-refractivity contribution in [1.82, 2.24) is 28.5 Å². The molecule has 0 aliphatic heterocycles. The summed E-state index contributed by atoms with van der Waals surface area (Å²) in [4.78, 5) is 13.7. The molecule has 0 atom stereocenters. The van der Waals surface area contributed by atoms with Gasteiger partial charge in [-0.25, -0.2) is 15.0 Å². The van der Waals surface area contributed by atoms with Crippen LogP contribution in [0.4, 0.5) is 5.13 Å². The minimum Gasteiger partial charge on any atom is -0.344 e. The van der Waals surface area contributed by atoms with Crippen LogP contribution in [0.25, 0.3) is 0 Å². The summed E-state index contributed by atoms with van der Waals surface area (Å²) in [5, 5.41) is 4.31. The molecule has 0 aromatic carbocycles. The summed E-state index contributed by atoms with van der Waals surface area (Å²) in [5.41, 5.74) is 0. The zero-order valence-electron chi connectivity index (χ0n) is 13.9. The molecule has 0 unspecified atom stereocenters. The topological polar surface area (TPSA) is 73.5 Å². The van der Waals surface area contributed by atoms with E-state index >= 15 is 0 Å². The molecule has 1 saturated carbocycles. The molecular weight excluding hydrogens is 322 g/mol. The van der Waals surface area contributed by atoms with Gasteiger partial charge in [-0.2, -0.15) is 4.37 Å². The van der Waals surface area contributed by atoms with Crippen LogP contribution >= 0.6 is 11.5 Å². The van der Waals surface area contributed by atoms with Crippen LogP contribution < -0.4 is 5.32 Å². The molecule has 3 heterocycles. The summed E-state index contributed by atoms with van der Waals surface area (Å²) in [6.07, 6.45) is 12.5. The highest BCUT2D eigenvalue weighted by atomic mass is 32.1.